The summed E-state index contributed by atoms with van der Waals surface area (Å²) < 4.78 is 0. The Morgan fingerprint density at radius 1 is 1.27 bits per heavy atom. The maximum atomic E-state index is 11.6. The molecule has 15 heavy (non-hydrogen) atoms. The molecule has 0 radical (unpaired) electrons. The summed E-state index contributed by atoms with van der Waals surface area (Å²) in [4.78, 5) is 25.4. The maximum absolute atomic E-state index is 11.6. The highest BCUT2D eigenvalue weighted by molar-refractivity contribution is 6.08. The molecular weight excluding hydrogens is 190 g/mol. The topological polar surface area (TPSA) is 49.9 Å². The second-order valence-electron chi connectivity index (χ2n) is 3.57. The van der Waals surface area contributed by atoms with Crippen molar-refractivity contribution in [3.63, 3.8) is 0 Å². The number of para-hydroxylation sites is 1. The molecule has 0 unspecified atom stereocenters. The van der Waals surface area contributed by atoms with Gasteiger partial charge in [0.2, 0.25) is 0 Å². The molecule has 0 aliphatic heterocycles. The quantitative estimate of drug-likeness (QED) is 0.612. The van der Waals surface area contributed by atoms with Crippen LogP contribution in [0.25, 0.3) is 10.9 Å². The van der Waals surface area contributed by atoms with Gasteiger partial charge in [-0.15, -0.1) is 0 Å². The van der Waals surface area contributed by atoms with Crippen LogP contribution in [0.1, 0.15) is 23.8 Å². The van der Waals surface area contributed by atoms with E-state index in [2.05, 4.69) is 4.98 Å². The fourth-order valence-corrected chi connectivity index (χ4v) is 1.54. The first kappa shape index (κ1) is 9.65. The second-order valence-corrected chi connectivity index (χ2v) is 3.57. The summed E-state index contributed by atoms with van der Waals surface area (Å²) in [6.07, 6.45) is -0.0349. The number of hydrogen-bond donors (Lipinski definition) is 1. The summed E-state index contributed by atoms with van der Waals surface area (Å²) in [5, 5.41) is 0.990. The van der Waals surface area contributed by atoms with Crippen molar-refractivity contribution in [3.8, 4) is 0 Å². The van der Waals surface area contributed by atoms with E-state index in [0.29, 0.717) is 5.69 Å². The Morgan fingerprint density at radius 3 is 2.67 bits per heavy atom. The van der Waals surface area contributed by atoms with E-state index in [0.717, 1.165) is 10.9 Å². The number of fused-ring (bicyclic) bond motifs is 1. The van der Waals surface area contributed by atoms with Crippen LogP contribution in [0, 0.1) is 0 Å². The minimum Gasteiger partial charge on any atom is -0.352 e. The Balaban J connectivity index is 2.36. The van der Waals surface area contributed by atoms with E-state index in [9.17, 15) is 9.59 Å². The van der Waals surface area contributed by atoms with Gasteiger partial charge in [0.1, 0.15) is 5.78 Å². The molecular formula is C12H11NO2. The summed E-state index contributed by atoms with van der Waals surface area (Å²) in [7, 11) is 0. The van der Waals surface area contributed by atoms with Crippen LogP contribution in [0.15, 0.2) is 30.3 Å². The Kier molecular flexibility index (Phi) is 2.37. The van der Waals surface area contributed by atoms with Gasteiger partial charge in [0.05, 0.1) is 12.1 Å². The summed E-state index contributed by atoms with van der Waals surface area (Å²) in [5.41, 5.74) is 1.43. The molecule has 1 heterocycles. The number of carbonyl (C=O) groups is 2. The van der Waals surface area contributed by atoms with Gasteiger partial charge >= 0.3 is 0 Å². The predicted octanol–water partition coefficient (Wildman–Crippen LogP) is 2.33. The predicted molar refractivity (Wildman–Crippen MR) is 57.9 cm³/mol. The Bertz CT molecular complexity index is 492. The van der Waals surface area contributed by atoms with E-state index in [1.807, 2.05) is 24.3 Å². The molecule has 0 saturated heterocycles. The summed E-state index contributed by atoms with van der Waals surface area (Å²) in [6, 6.07) is 9.42. The van der Waals surface area contributed by atoms with Crippen LogP contribution in [0.5, 0.6) is 0 Å². The van der Waals surface area contributed by atoms with Crippen molar-refractivity contribution in [3.05, 3.63) is 36.0 Å². The van der Waals surface area contributed by atoms with Crippen LogP contribution in [-0.2, 0) is 4.79 Å². The minimum atomic E-state index is -0.154. The summed E-state index contributed by atoms with van der Waals surface area (Å²) >= 11 is 0. The van der Waals surface area contributed by atoms with Crippen molar-refractivity contribution in [2.75, 3.05) is 0 Å². The number of Topliss-reactive ketones (excluding diaryl/α,β-unsaturated/α-hetero) is 2. The van der Waals surface area contributed by atoms with Crippen LogP contribution in [-0.4, -0.2) is 16.6 Å². The van der Waals surface area contributed by atoms with E-state index in [4.69, 9.17) is 0 Å². The van der Waals surface area contributed by atoms with Gasteiger partial charge in [-0.1, -0.05) is 18.2 Å². The maximum Gasteiger partial charge on any atom is 0.186 e. The van der Waals surface area contributed by atoms with Gasteiger partial charge in [0.25, 0.3) is 0 Å². The van der Waals surface area contributed by atoms with E-state index < -0.39 is 0 Å². The number of ketones is 2. The molecule has 0 amide bonds. The van der Waals surface area contributed by atoms with Crippen LogP contribution in [0.3, 0.4) is 0 Å². The number of H-pyrrole nitrogens is 1. The molecule has 0 bridgehead atoms. The zero-order valence-electron chi connectivity index (χ0n) is 8.41. The molecule has 3 heteroatoms. The van der Waals surface area contributed by atoms with Crippen LogP contribution in [0.2, 0.25) is 0 Å². The molecule has 2 rings (SSSR count). The molecule has 1 N–H and O–H groups in total. The van der Waals surface area contributed by atoms with Crippen molar-refractivity contribution >= 4 is 22.5 Å². The SMILES string of the molecule is CC(=O)CC(=O)c1cc2ccccc2[nH]1. The Morgan fingerprint density at radius 2 is 2.00 bits per heavy atom. The number of nitrogens with one attached hydrogen (secondary N) is 1. The lowest BCUT2D eigenvalue weighted by Gasteiger charge is -1.92. The zero-order chi connectivity index (χ0) is 10.8. The van der Waals surface area contributed by atoms with Crippen LogP contribution in [0.4, 0.5) is 0 Å². The average molecular weight is 201 g/mol. The smallest absolute Gasteiger partial charge is 0.186 e. The highest BCUT2D eigenvalue weighted by atomic mass is 16.1. The van der Waals surface area contributed by atoms with Crippen molar-refractivity contribution in [2.24, 2.45) is 0 Å². The third-order valence-electron chi connectivity index (χ3n) is 2.24. The molecule has 0 aliphatic rings. The molecule has 0 spiro atoms. The zero-order valence-corrected chi connectivity index (χ0v) is 8.41. The van der Waals surface area contributed by atoms with Gasteiger partial charge in [-0.25, -0.2) is 0 Å². The van der Waals surface area contributed by atoms with Gasteiger partial charge in [-0.05, 0) is 19.1 Å². The molecule has 0 atom stereocenters. The molecule has 1 aromatic carbocycles. The minimum absolute atomic E-state index is 0.0349. The third-order valence-corrected chi connectivity index (χ3v) is 2.24. The molecule has 0 saturated carbocycles. The first-order chi connectivity index (χ1) is 7.16. The molecule has 0 fully saturated rings. The lowest BCUT2D eigenvalue weighted by atomic mass is 10.1. The van der Waals surface area contributed by atoms with Gasteiger partial charge in [-0.2, -0.15) is 0 Å². The lowest BCUT2D eigenvalue weighted by Crippen LogP contribution is -2.04. The number of benzene rings is 1. The normalized spacial score (nSPS) is 10.5. The van der Waals surface area contributed by atoms with Crippen LogP contribution < -0.4 is 0 Å². The fourth-order valence-electron chi connectivity index (χ4n) is 1.54. The van der Waals surface area contributed by atoms with Crippen molar-refractivity contribution in [2.45, 2.75) is 13.3 Å². The second kappa shape index (κ2) is 3.69. The monoisotopic (exact) mass is 201 g/mol. The first-order valence-corrected chi connectivity index (χ1v) is 4.77. The largest absolute Gasteiger partial charge is 0.352 e. The molecule has 76 valence electrons. The lowest BCUT2D eigenvalue weighted by molar-refractivity contribution is -0.116. The highest BCUT2D eigenvalue weighted by Crippen LogP contribution is 2.15. The average Bonchev–Trinajstić information content (AvgIpc) is 2.59. The number of aromatic amines is 1. The van der Waals surface area contributed by atoms with Gasteiger partial charge in [0.15, 0.2) is 5.78 Å². The van der Waals surface area contributed by atoms with E-state index in [1.165, 1.54) is 6.92 Å². The molecule has 0 aliphatic carbocycles. The van der Waals surface area contributed by atoms with E-state index in [1.54, 1.807) is 6.07 Å². The summed E-state index contributed by atoms with van der Waals surface area (Å²) in [6.45, 7) is 1.42. The van der Waals surface area contributed by atoms with E-state index in [-0.39, 0.29) is 18.0 Å². The Hall–Kier alpha value is -1.90. The standard InChI is InChI=1S/C12H11NO2/c1-8(14)6-12(15)11-7-9-4-2-3-5-10(9)13-11/h2-5,7,13H,6H2,1H3. The Labute approximate surface area is 87.1 Å². The summed E-state index contributed by atoms with van der Waals surface area (Å²) in [5.74, 6) is -0.266. The van der Waals surface area contributed by atoms with Gasteiger partial charge in [0, 0.05) is 10.9 Å². The number of rotatable bonds is 3. The molecule has 3 nitrogen and oxygen atoms in total. The molecule has 1 aromatic heterocycles. The molecule has 2 aromatic rings. The van der Waals surface area contributed by atoms with E-state index >= 15 is 0 Å². The number of aromatic nitrogens is 1. The first-order valence-electron chi connectivity index (χ1n) is 4.77. The number of hydrogen-bond acceptors (Lipinski definition) is 2. The van der Waals surface area contributed by atoms with Gasteiger partial charge in [-0.3, -0.25) is 9.59 Å². The number of carbonyl (C=O) groups excluding carboxylic acids is 2. The van der Waals surface area contributed by atoms with Crippen LogP contribution >= 0.6 is 0 Å². The fraction of sp³-hybridized carbons (Fsp3) is 0.167. The van der Waals surface area contributed by atoms with Crippen molar-refractivity contribution < 1.29 is 9.59 Å². The highest BCUT2D eigenvalue weighted by Gasteiger charge is 2.10. The van der Waals surface area contributed by atoms with Crippen molar-refractivity contribution in [1.82, 2.24) is 4.98 Å². The van der Waals surface area contributed by atoms with Gasteiger partial charge < -0.3 is 4.98 Å². The van der Waals surface area contributed by atoms with Crippen molar-refractivity contribution in [1.29, 1.82) is 0 Å². The third kappa shape index (κ3) is 1.96.